The third-order valence-corrected chi connectivity index (χ3v) is 5.45. The first-order valence-corrected chi connectivity index (χ1v) is 9.53. The molecule has 1 aromatic heterocycles. The Morgan fingerprint density at radius 2 is 2.16 bits per heavy atom. The molecule has 2 heterocycles. The van der Waals surface area contributed by atoms with Gasteiger partial charge in [0.1, 0.15) is 11.9 Å². The molecule has 0 aliphatic carbocycles. The molecule has 1 aliphatic heterocycles. The van der Waals surface area contributed by atoms with Crippen LogP contribution in [0.15, 0.2) is 42.5 Å². The van der Waals surface area contributed by atoms with Crippen molar-refractivity contribution in [2.75, 3.05) is 11.9 Å². The van der Waals surface area contributed by atoms with Crippen molar-refractivity contribution in [3.8, 4) is 17.0 Å². The zero-order valence-electron chi connectivity index (χ0n) is 14.2. The van der Waals surface area contributed by atoms with Crippen LogP contribution in [0.2, 0.25) is 5.02 Å². The molecule has 1 atom stereocenters. The Morgan fingerprint density at radius 1 is 1.28 bits per heavy atom. The lowest BCUT2D eigenvalue weighted by Crippen LogP contribution is -2.27. The number of nitrogens with one attached hydrogen (secondary N) is 1. The minimum absolute atomic E-state index is 0.198. The average Bonchev–Trinajstić information content (AvgIpc) is 2.94. The molecule has 1 aliphatic rings. The molecule has 2 aromatic carbocycles. The first-order chi connectivity index (χ1) is 12.1. The zero-order valence-corrected chi connectivity index (χ0v) is 15.7. The van der Waals surface area contributed by atoms with Gasteiger partial charge in [-0.25, -0.2) is 4.98 Å². The molecule has 0 radical (unpaired) electrons. The normalized spacial score (nSPS) is 16.0. The maximum atomic E-state index is 6.09. The Labute approximate surface area is 156 Å². The van der Waals surface area contributed by atoms with Crippen molar-refractivity contribution in [2.45, 2.75) is 26.4 Å². The van der Waals surface area contributed by atoms with Crippen molar-refractivity contribution >= 4 is 28.6 Å². The molecule has 1 unspecified atom stereocenters. The number of aromatic nitrogens is 1. The van der Waals surface area contributed by atoms with Gasteiger partial charge in [-0.2, -0.15) is 0 Å². The van der Waals surface area contributed by atoms with E-state index in [1.807, 2.05) is 24.3 Å². The molecule has 0 fully saturated rings. The first kappa shape index (κ1) is 16.4. The van der Waals surface area contributed by atoms with E-state index in [0.717, 1.165) is 45.7 Å². The number of benzene rings is 2. The van der Waals surface area contributed by atoms with Crippen molar-refractivity contribution in [3.05, 3.63) is 62.9 Å². The summed E-state index contributed by atoms with van der Waals surface area (Å²) in [6.45, 7) is 5.02. The number of ether oxygens (including phenoxy) is 1. The Balaban J connectivity index is 1.62. The second-order valence-corrected chi connectivity index (χ2v) is 8.06. The lowest BCUT2D eigenvalue weighted by Gasteiger charge is -2.25. The van der Waals surface area contributed by atoms with Crippen LogP contribution in [-0.4, -0.2) is 17.6 Å². The fourth-order valence-corrected chi connectivity index (χ4v) is 4.25. The molecule has 4 rings (SSSR count). The molecule has 1 N–H and O–H groups in total. The van der Waals surface area contributed by atoms with Crippen molar-refractivity contribution in [2.24, 2.45) is 0 Å². The number of aryl methyl sites for hydroxylation is 1. The van der Waals surface area contributed by atoms with Gasteiger partial charge in [-0.3, -0.25) is 0 Å². The van der Waals surface area contributed by atoms with Crippen molar-refractivity contribution in [1.29, 1.82) is 0 Å². The molecule has 5 heteroatoms. The summed E-state index contributed by atoms with van der Waals surface area (Å²) < 4.78 is 5.86. The topological polar surface area (TPSA) is 34.2 Å². The summed E-state index contributed by atoms with van der Waals surface area (Å²) in [4.78, 5) is 6.10. The summed E-state index contributed by atoms with van der Waals surface area (Å²) in [7, 11) is 0. The van der Waals surface area contributed by atoms with Crippen LogP contribution in [-0.2, 0) is 6.42 Å². The van der Waals surface area contributed by atoms with Gasteiger partial charge >= 0.3 is 0 Å². The van der Waals surface area contributed by atoms with Crippen LogP contribution in [0, 0.1) is 6.92 Å². The van der Waals surface area contributed by atoms with Gasteiger partial charge in [0, 0.05) is 21.9 Å². The number of hydrogen-bond acceptors (Lipinski definition) is 4. The molecule has 0 saturated carbocycles. The SMILES string of the molecule is Cc1sc(Cc2cccc(Cl)c2)nc1-c1ccc2c(c1)NCC(C)O2. The van der Waals surface area contributed by atoms with E-state index in [0.29, 0.717) is 0 Å². The Morgan fingerprint density at radius 3 is 3.00 bits per heavy atom. The third kappa shape index (κ3) is 3.51. The second kappa shape index (κ2) is 6.70. The lowest BCUT2D eigenvalue weighted by molar-refractivity contribution is 0.226. The van der Waals surface area contributed by atoms with Crippen LogP contribution in [0.25, 0.3) is 11.3 Å². The smallest absolute Gasteiger partial charge is 0.142 e. The molecule has 0 spiro atoms. The highest BCUT2D eigenvalue weighted by Crippen LogP contribution is 2.36. The number of anilines is 1. The quantitative estimate of drug-likeness (QED) is 0.655. The van der Waals surface area contributed by atoms with Gasteiger partial charge in [0.2, 0.25) is 0 Å². The summed E-state index contributed by atoms with van der Waals surface area (Å²) >= 11 is 7.83. The minimum Gasteiger partial charge on any atom is -0.487 e. The Kier molecular flexibility index (Phi) is 4.40. The number of halogens is 1. The maximum Gasteiger partial charge on any atom is 0.142 e. The van der Waals surface area contributed by atoms with E-state index >= 15 is 0 Å². The largest absolute Gasteiger partial charge is 0.487 e. The summed E-state index contributed by atoms with van der Waals surface area (Å²) in [5, 5.41) is 5.30. The van der Waals surface area contributed by atoms with E-state index in [1.54, 1.807) is 11.3 Å². The third-order valence-electron chi connectivity index (χ3n) is 4.25. The van der Waals surface area contributed by atoms with Gasteiger partial charge < -0.3 is 10.1 Å². The van der Waals surface area contributed by atoms with Crippen molar-refractivity contribution in [1.82, 2.24) is 4.98 Å². The van der Waals surface area contributed by atoms with Crippen LogP contribution in [0.5, 0.6) is 5.75 Å². The standard InChI is InChI=1S/C20H19ClN2OS/c1-12-11-22-17-10-15(6-7-18(17)24-12)20-13(2)25-19(23-20)9-14-4-3-5-16(21)8-14/h3-8,10,12,22H,9,11H2,1-2H3. The van der Waals surface area contributed by atoms with E-state index < -0.39 is 0 Å². The van der Waals surface area contributed by atoms with Gasteiger partial charge in [-0.05, 0) is 49.7 Å². The molecule has 3 aromatic rings. The molecule has 25 heavy (non-hydrogen) atoms. The number of nitrogens with zero attached hydrogens (tertiary/aromatic N) is 1. The molecule has 0 bridgehead atoms. The lowest BCUT2D eigenvalue weighted by atomic mass is 10.1. The highest BCUT2D eigenvalue weighted by Gasteiger charge is 2.17. The molecular formula is C20H19ClN2OS. The fraction of sp³-hybridized carbons (Fsp3) is 0.250. The number of fused-ring (bicyclic) bond motifs is 1. The maximum absolute atomic E-state index is 6.09. The highest BCUT2D eigenvalue weighted by atomic mass is 35.5. The van der Waals surface area contributed by atoms with E-state index in [9.17, 15) is 0 Å². The highest BCUT2D eigenvalue weighted by molar-refractivity contribution is 7.12. The molecule has 0 saturated heterocycles. The number of thiazole rings is 1. The van der Waals surface area contributed by atoms with E-state index in [1.165, 1.54) is 10.4 Å². The monoisotopic (exact) mass is 370 g/mol. The summed E-state index contributed by atoms with van der Waals surface area (Å²) in [5.41, 5.74) is 4.39. The predicted octanol–water partition coefficient (Wildman–Crippen LogP) is 5.56. The van der Waals surface area contributed by atoms with Crippen LogP contribution in [0.3, 0.4) is 0 Å². The number of hydrogen-bond donors (Lipinski definition) is 1. The van der Waals surface area contributed by atoms with Gasteiger partial charge in [0.15, 0.2) is 0 Å². The minimum atomic E-state index is 0.198. The van der Waals surface area contributed by atoms with Gasteiger partial charge in [-0.1, -0.05) is 23.7 Å². The van der Waals surface area contributed by atoms with Crippen molar-refractivity contribution < 1.29 is 4.74 Å². The Hall–Kier alpha value is -2.04. The van der Waals surface area contributed by atoms with Crippen LogP contribution in [0.1, 0.15) is 22.4 Å². The van der Waals surface area contributed by atoms with Gasteiger partial charge in [0.05, 0.1) is 22.9 Å². The van der Waals surface area contributed by atoms with E-state index in [4.69, 9.17) is 21.3 Å². The zero-order chi connectivity index (χ0) is 17.4. The van der Waals surface area contributed by atoms with Crippen LogP contribution >= 0.6 is 22.9 Å². The summed E-state index contributed by atoms with van der Waals surface area (Å²) in [6.07, 6.45) is 0.999. The number of rotatable bonds is 3. The van der Waals surface area contributed by atoms with Gasteiger partial charge in [-0.15, -0.1) is 11.3 Å². The fourth-order valence-electron chi connectivity index (χ4n) is 3.05. The Bertz CT molecular complexity index is 922. The molecule has 0 amide bonds. The molecule has 128 valence electrons. The van der Waals surface area contributed by atoms with E-state index in [-0.39, 0.29) is 6.10 Å². The second-order valence-electron chi connectivity index (χ2n) is 6.34. The van der Waals surface area contributed by atoms with Crippen LogP contribution < -0.4 is 10.1 Å². The molecule has 3 nitrogen and oxygen atoms in total. The predicted molar refractivity (Wildman–Crippen MR) is 105 cm³/mol. The van der Waals surface area contributed by atoms with E-state index in [2.05, 4.69) is 37.4 Å². The summed E-state index contributed by atoms with van der Waals surface area (Å²) in [5.74, 6) is 0.912. The van der Waals surface area contributed by atoms with Gasteiger partial charge in [0.25, 0.3) is 0 Å². The van der Waals surface area contributed by atoms with Crippen molar-refractivity contribution in [3.63, 3.8) is 0 Å². The molecular weight excluding hydrogens is 352 g/mol. The summed E-state index contributed by atoms with van der Waals surface area (Å²) in [6, 6.07) is 14.2. The van der Waals surface area contributed by atoms with Crippen LogP contribution in [0.4, 0.5) is 5.69 Å². The average molecular weight is 371 g/mol. The first-order valence-electron chi connectivity index (χ1n) is 8.34.